The highest BCUT2D eigenvalue weighted by atomic mass is 32.7. The van der Waals surface area contributed by atoms with Gasteiger partial charge in [-0.1, -0.05) is 29.6 Å². The monoisotopic (exact) mass is 170 g/mol. The Balaban J connectivity index is 2.41. The first-order chi connectivity index (χ1) is 4.97. The first kappa shape index (κ1) is 6.51. The van der Waals surface area contributed by atoms with E-state index in [1.807, 2.05) is 23.5 Å². The lowest BCUT2D eigenvalue weighted by atomic mass is 10.2. The van der Waals surface area contributed by atoms with E-state index in [0.717, 1.165) is 11.5 Å². The van der Waals surface area contributed by atoms with Crippen molar-refractivity contribution in [2.75, 3.05) is 0 Å². The molecule has 1 atom stereocenters. The maximum absolute atomic E-state index is 5.41. The van der Waals surface area contributed by atoms with E-state index >= 15 is 0 Å². The van der Waals surface area contributed by atoms with Crippen molar-refractivity contribution < 1.29 is 4.52 Å². The lowest BCUT2D eigenvalue weighted by Gasteiger charge is -2.14. The van der Waals surface area contributed by atoms with Gasteiger partial charge >= 0.3 is 0 Å². The second kappa shape index (κ2) is 2.81. The summed E-state index contributed by atoms with van der Waals surface area (Å²) in [6, 6.07) is 8.21. The number of benzene rings is 1. The minimum atomic E-state index is 0.585. The van der Waals surface area contributed by atoms with Crippen molar-refractivity contribution in [1.82, 2.24) is 0 Å². The van der Waals surface area contributed by atoms with Crippen LogP contribution in [0.15, 0.2) is 24.3 Å². The standard InChI is InChI=1S/C7H7OPS/c1-2-4-7-6(3-1)5-10-9-8-7/h1-4,9H,5H2. The predicted octanol–water partition coefficient (Wildman–Crippen LogP) is 2.82. The minimum Gasteiger partial charge on any atom is -0.466 e. The molecule has 0 fully saturated rings. The molecule has 3 heteroatoms. The molecule has 0 amide bonds. The minimum absolute atomic E-state index is 0.585. The van der Waals surface area contributed by atoms with E-state index in [0.29, 0.717) is 8.01 Å². The van der Waals surface area contributed by atoms with Gasteiger partial charge in [0.05, 0.1) is 0 Å². The molecule has 0 aromatic heterocycles. The zero-order valence-electron chi connectivity index (χ0n) is 5.33. The largest absolute Gasteiger partial charge is 0.466 e. The summed E-state index contributed by atoms with van der Waals surface area (Å²) in [6.45, 7) is 0. The summed E-state index contributed by atoms with van der Waals surface area (Å²) < 4.78 is 5.41. The van der Waals surface area contributed by atoms with E-state index in [9.17, 15) is 0 Å². The van der Waals surface area contributed by atoms with Gasteiger partial charge in [0.2, 0.25) is 0 Å². The van der Waals surface area contributed by atoms with E-state index < -0.39 is 0 Å². The van der Waals surface area contributed by atoms with Gasteiger partial charge in [-0.25, -0.2) is 0 Å². The van der Waals surface area contributed by atoms with Gasteiger partial charge < -0.3 is 4.52 Å². The third kappa shape index (κ3) is 1.14. The fourth-order valence-electron chi connectivity index (χ4n) is 0.904. The average Bonchev–Trinajstić information content (AvgIpc) is 2.05. The number of fused-ring (bicyclic) bond motifs is 1. The summed E-state index contributed by atoms with van der Waals surface area (Å²) in [6.07, 6.45) is 0. The van der Waals surface area contributed by atoms with Crippen molar-refractivity contribution in [3.63, 3.8) is 0 Å². The number of para-hydroxylation sites is 1. The van der Waals surface area contributed by atoms with Crippen molar-refractivity contribution in [3.8, 4) is 5.75 Å². The first-order valence-electron chi connectivity index (χ1n) is 3.08. The first-order valence-corrected chi connectivity index (χ1v) is 5.70. The van der Waals surface area contributed by atoms with Crippen LogP contribution in [0.2, 0.25) is 0 Å². The Kier molecular flexibility index (Phi) is 1.83. The Bertz CT molecular complexity index is 214. The van der Waals surface area contributed by atoms with E-state index in [4.69, 9.17) is 4.52 Å². The van der Waals surface area contributed by atoms with E-state index in [2.05, 4.69) is 12.1 Å². The third-order valence-electron chi connectivity index (χ3n) is 1.41. The SMILES string of the molecule is c1ccc2c(c1)CSPO2. The third-order valence-corrected chi connectivity index (χ3v) is 3.32. The van der Waals surface area contributed by atoms with E-state index in [1.54, 1.807) is 0 Å². The molecule has 0 saturated heterocycles. The van der Waals surface area contributed by atoms with Gasteiger partial charge in [-0.15, -0.1) is 0 Å². The zero-order valence-corrected chi connectivity index (χ0v) is 7.15. The van der Waals surface area contributed by atoms with E-state index in [-0.39, 0.29) is 0 Å². The average molecular weight is 170 g/mol. The van der Waals surface area contributed by atoms with Crippen molar-refractivity contribution in [3.05, 3.63) is 29.8 Å². The fourth-order valence-corrected chi connectivity index (χ4v) is 2.79. The summed E-state index contributed by atoms with van der Waals surface area (Å²) in [5.41, 5.74) is 1.33. The quantitative estimate of drug-likeness (QED) is 0.553. The highest BCUT2D eigenvalue weighted by molar-refractivity contribution is 8.47. The van der Waals surface area contributed by atoms with Gasteiger partial charge in [0.15, 0.2) is 0 Å². The van der Waals surface area contributed by atoms with Gasteiger partial charge in [-0.2, -0.15) is 0 Å². The summed E-state index contributed by atoms with van der Waals surface area (Å²) in [7, 11) is 0.585. The maximum atomic E-state index is 5.41. The molecule has 0 saturated carbocycles. The second-order valence-corrected chi connectivity index (χ2v) is 4.40. The zero-order chi connectivity index (χ0) is 6.81. The normalized spacial score (nSPS) is 18.0. The Hall–Kier alpha value is -0.200. The highest BCUT2D eigenvalue weighted by Gasteiger charge is 2.07. The molecule has 1 unspecified atom stereocenters. The van der Waals surface area contributed by atoms with Crippen LogP contribution in [0.3, 0.4) is 0 Å². The Labute approximate surface area is 65.8 Å². The van der Waals surface area contributed by atoms with Crippen molar-refractivity contribution in [2.24, 2.45) is 0 Å². The van der Waals surface area contributed by atoms with Crippen molar-refractivity contribution in [2.45, 2.75) is 5.75 Å². The number of hydrogen-bond acceptors (Lipinski definition) is 2. The van der Waals surface area contributed by atoms with Crippen LogP contribution in [-0.2, 0) is 5.75 Å². The molecule has 0 spiro atoms. The summed E-state index contributed by atoms with van der Waals surface area (Å²) in [5.74, 6) is 2.17. The Morgan fingerprint density at radius 3 is 3.20 bits per heavy atom. The topological polar surface area (TPSA) is 9.23 Å². The smallest absolute Gasteiger partial charge is 0.134 e. The molecule has 0 aliphatic carbocycles. The highest BCUT2D eigenvalue weighted by Crippen LogP contribution is 2.42. The van der Waals surface area contributed by atoms with Crippen LogP contribution in [0.1, 0.15) is 5.56 Å². The molecule has 10 heavy (non-hydrogen) atoms. The van der Waals surface area contributed by atoms with Crippen molar-refractivity contribution >= 4 is 19.4 Å². The molecular weight excluding hydrogens is 163 g/mol. The number of hydrogen-bond donors (Lipinski definition) is 0. The molecule has 0 N–H and O–H groups in total. The summed E-state index contributed by atoms with van der Waals surface area (Å²) >= 11 is 1.84. The van der Waals surface area contributed by atoms with Crippen LogP contribution >= 0.6 is 19.4 Å². The molecular formula is C7H7OPS. The summed E-state index contributed by atoms with van der Waals surface area (Å²) in [4.78, 5) is 0. The fraction of sp³-hybridized carbons (Fsp3) is 0.143. The molecule has 0 bridgehead atoms. The molecule has 1 aliphatic rings. The molecule has 1 aliphatic heterocycles. The lowest BCUT2D eigenvalue weighted by molar-refractivity contribution is 0.632. The summed E-state index contributed by atoms with van der Waals surface area (Å²) in [5, 5.41) is 0. The maximum Gasteiger partial charge on any atom is 0.134 e. The van der Waals surface area contributed by atoms with Crippen LogP contribution in [0.5, 0.6) is 5.75 Å². The van der Waals surface area contributed by atoms with Crippen LogP contribution in [0, 0.1) is 0 Å². The lowest BCUT2D eigenvalue weighted by Crippen LogP contribution is -1.89. The van der Waals surface area contributed by atoms with Crippen LogP contribution < -0.4 is 4.52 Å². The van der Waals surface area contributed by atoms with Gasteiger partial charge in [-0.3, -0.25) is 0 Å². The van der Waals surface area contributed by atoms with Gasteiger partial charge in [-0.05, 0) is 6.07 Å². The van der Waals surface area contributed by atoms with Gasteiger partial charge in [0, 0.05) is 11.3 Å². The molecule has 1 heterocycles. The molecule has 0 radical (unpaired) electrons. The van der Waals surface area contributed by atoms with Gasteiger partial charge in [0.1, 0.15) is 13.8 Å². The van der Waals surface area contributed by atoms with Gasteiger partial charge in [0.25, 0.3) is 0 Å². The molecule has 1 aromatic rings. The molecule has 1 aromatic carbocycles. The van der Waals surface area contributed by atoms with E-state index in [1.165, 1.54) is 5.56 Å². The molecule has 52 valence electrons. The van der Waals surface area contributed by atoms with Crippen molar-refractivity contribution in [1.29, 1.82) is 0 Å². The molecule has 2 rings (SSSR count). The predicted molar refractivity (Wildman–Crippen MR) is 46.7 cm³/mol. The van der Waals surface area contributed by atoms with Crippen LogP contribution in [0.4, 0.5) is 0 Å². The second-order valence-electron chi connectivity index (χ2n) is 2.08. The number of rotatable bonds is 0. The van der Waals surface area contributed by atoms with Crippen LogP contribution in [0.25, 0.3) is 0 Å². The molecule has 1 nitrogen and oxygen atoms in total. The Morgan fingerprint density at radius 2 is 2.30 bits per heavy atom. The van der Waals surface area contributed by atoms with Crippen LogP contribution in [-0.4, -0.2) is 0 Å². The Morgan fingerprint density at radius 1 is 1.40 bits per heavy atom.